The molecule has 0 spiro atoms. The Labute approximate surface area is 236 Å². The van der Waals surface area contributed by atoms with Gasteiger partial charge in [-0.05, 0) is 68.7 Å². The Hall–Kier alpha value is -3.36. The van der Waals surface area contributed by atoms with Crippen LogP contribution >= 0.6 is 11.6 Å². The van der Waals surface area contributed by atoms with Crippen LogP contribution in [0.25, 0.3) is 0 Å². The number of halogens is 1. The Kier molecular flexibility index (Phi) is 10.5. The number of rotatable bonds is 12. The van der Waals surface area contributed by atoms with E-state index in [0.717, 1.165) is 21.9 Å². The largest absolute Gasteiger partial charge is 0.352 e. The standard InChI is InChI=1S/C30H36ClN3O4S/c1-5-23(4)32-30(36)28(6-2)33(20-24-14-12-22(3)13-15-24)29(35)21-34(26-18-16-25(31)17-19-26)39(37,38)27-10-8-7-9-11-27/h7-19,23,28H,5-6,20-21H2,1-4H3,(H,32,36)/t23-,28+/m0/s1. The van der Waals surface area contributed by atoms with Crippen molar-refractivity contribution in [2.24, 2.45) is 0 Å². The molecule has 0 aliphatic heterocycles. The number of benzene rings is 3. The van der Waals surface area contributed by atoms with Gasteiger partial charge in [0.15, 0.2) is 0 Å². The van der Waals surface area contributed by atoms with E-state index in [-0.39, 0.29) is 23.4 Å². The van der Waals surface area contributed by atoms with Gasteiger partial charge in [-0.15, -0.1) is 0 Å². The number of hydrogen-bond acceptors (Lipinski definition) is 4. The minimum Gasteiger partial charge on any atom is -0.352 e. The lowest BCUT2D eigenvalue weighted by molar-refractivity contribution is -0.140. The van der Waals surface area contributed by atoms with Gasteiger partial charge < -0.3 is 10.2 Å². The highest BCUT2D eigenvalue weighted by Crippen LogP contribution is 2.26. The topological polar surface area (TPSA) is 86.8 Å². The van der Waals surface area contributed by atoms with Gasteiger partial charge in [0.05, 0.1) is 10.6 Å². The third kappa shape index (κ3) is 7.83. The van der Waals surface area contributed by atoms with Gasteiger partial charge >= 0.3 is 0 Å². The van der Waals surface area contributed by atoms with E-state index in [1.54, 1.807) is 42.5 Å². The van der Waals surface area contributed by atoms with Gasteiger partial charge in [0.1, 0.15) is 12.6 Å². The highest BCUT2D eigenvalue weighted by Gasteiger charge is 2.33. The molecule has 0 saturated heterocycles. The maximum Gasteiger partial charge on any atom is 0.264 e. The number of aryl methyl sites for hydroxylation is 1. The maximum absolute atomic E-state index is 14.0. The monoisotopic (exact) mass is 569 g/mol. The smallest absolute Gasteiger partial charge is 0.264 e. The van der Waals surface area contributed by atoms with Gasteiger partial charge in [-0.25, -0.2) is 8.42 Å². The van der Waals surface area contributed by atoms with E-state index in [4.69, 9.17) is 11.6 Å². The molecule has 0 radical (unpaired) electrons. The molecule has 1 N–H and O–H groups in total. The average Bonchev–Trinajstić information content (AvgIpc) is 2.93. The molecule has 0 aliphatic carbocycles. The molecule has 3 aromatic carbocycles. The Morgan fingerprint density at radius 2 is 1.51 bits per heavy atom. The molecule has 0 unspecified atom stereocenters. The van der Waals surface area contributed by atoms with Crippen molar-refractivity contribution in [1.29, 1.82) is 0 Å². The van der Waals surface area contributed by atoms with Crippen molar-refractivity contribution in [3.8, 4) is 0 Å². The van der Waals surface area contributed by atoms with Crippen LogP contribution in [0.2, 0.25) is 5.02 Å². The molecule has 2 amide bonds. The van der Waals surface area contributed by atoms with Crippen LogP contribution in [0.1, 0.15) is 44.7 Å². The minimum absolute atomic E-state index is 0.0550. The van der Waals surface area contributed by atoms with E-state index in [1.807, 2.05) is 52.0 Å². The molecule has 2 atom stereocenters. The first kappa shape index (κ1) is 30.2. The predicted octanol–water partition coefficient (Wildman–Crippen LogP) is 5.57. The molecule has 9 heteroatoms. The maximum atomic E-state index is 14.0. The van der Waals surface area contributed by atoms with Crippen molar-refractivity contribution in [3.63, 3.8) is 0 Å². The van der Waals surface area contributed by atoms with E-state index in [9.17, 15) is 18.0 Å². The first-order valence-corrected chi connectivity index (χ1v) is 14.9. The van der Waals surface area contributed by atoms with Crippen molar-refractivity contribution >= 4 is 39.1 Å². The van der Waals surface area contributed by atoms with Crippen molar-refractivity contribution < 1.29 is 18.0 Å². The SMILES string of the molecule is CC[C@H](C(=O)N[C@@H](C)CC)N(Cc1ccc(C)cc1)C(=O)CN(c1ccc(Cl)cc1)S(=O)(=O)c1ccccc1. The number of anilines is 1. The summed E-state index contributed by atoms with van der Waals surface area (Å²) in [5.41, 5.74) is 2.21. The number of sulfonamides is 1. The Morgan fingerprint density at radius 1 is 0.897 bits per heavy atom. The number of carbonyl (C=O) groups is 2. The van der Waals surface area contributed by atoms with E-state index >= 15 is 0 Å². The quantitative estimate of drug-likeness (QED) is 0.309. The molecule has 0 fully saturated rings. The van der Waals surface area contributed by atoms with E-state index in [1.165, 1.54) is 17.0 Å². The number of hydrogen-bond donors (Lipinski definition) is 1. The summed E-state index contributed by atoms with van der Waals surface area (Å²) >= 11 is 6.07. The van der Waals surface area contributed by atoms with Crippen molar-refractivity contribution in [3.05, 3.63) is 95.0 Å². The van der Waals surface area contributed by atoms with Crippen LogP contribution < -0.4 is 9.62 Å². The highest BCUT2D eigenvalue weighted by atomic mass is 35.5. The van der Waals surface area contributed by atoms with Crippen LogP contribution in [0.4, 0.5) is 5.69 Å². The second kappa shape index (κ2) is 13.6. The van der Waals surface area contributed by atoms with Gasteiger partial charge in [-0.2, -0.15) is 0 Å². The Morgan fingerprint density at radius 3 is 2.08 bits per heavy atom. The third-order valence-electron chi connectivity index (χ3n) is 6.59. The van der Waals surface area contributed by atoms with Crippen molar-refractivity contribution in [2.45, 2.75) is 64.1 Å². The Bertz CT molecular complexity index is 1350. The van der Waals surface area contributed by atoms with Crippen LogP contribution in [0, 0.1) is 6.92 Å². The third-order valence-corrected chi connectivity index (χ3v) is 8.63. The van der Waals surface area contributed by atoms with Crippen LogP contribution in [-0.2, 0) is 26.2 Å². The summed E-state index contributed by atoms with van der Waals surface area (Å²) < 4.78 is 28.6. The zero-order chi connectivity index (χ0) is 28.6. The lowest BCUT2D eigenvalue weighted by Crippen LogP contribution is -2.53. The van der Waals surface area contributed by atoms with Gasteiger partial charge in [0.25, 0.3) is 10.0 Å². The molecule has 0 heterocycles. The zero-order valence-electron chi connectivity index (χ0n) is 22.8. The molecule has 7 nitrogen and oxygen atoms in total. The van der Waals surface area contributed by atoms with Crippen LogP contribution in [0.5, 0.6) is 0 Å². The summed E-state index contributed by atoms with van der Waals surface area (Å²) in [6.45, 7) is 7.36. The van der Waals surface area contributed by atoms with E-state index < -0.39 is 28.5 Å². The van der Waals surface area contributed by atoms with Crippen LogP contribution in [-0.4, -0.2) is 43.8 Å². The first-order chi connectivity index (χ1) is 18.6. The molecule has 3 rings (SSSR count). The van der Waals surface area contributed by atoms with Gasteiger partial charge in [-0.1, -0.05) is 73.5 Å². The fraction of sp³-hybridized carbons (Fsp3) is 0.333. The fourth-order valence-corrected chi connectivity index (χ4v) is 5.67. The normalized spacial score (nSPS) is 12.8. The second-order valence-corrected chi connectivity index (χ2v) is 11.8. The Balaban J connectivity index is 2.03. The van der Waals surface area contributed by atoms with Crippen molar-refractivity contribution in [2.75, 3.05) is 10.8 Å². The molecule has 0 bridgehead atoms. The summed E-state index contributed by atoms with van der Waals surface area (Å²) in [4.78, 5) is 28.8. The molecule has 0 saturated carbocycles. The molecule has 0 aliphatic rings. The summed E-state index contributed by atoms with van der Waals surface area (Å²) in [5.74, 6) is -0.757. The summed E-state index contributed by atoms with van der Waals surface area (Å²) in [7, 11) is -4.11. The van der Waals surface area contributed by atoms with Crippen molar-refractivity contribution in [1.82, 2.24) is 10.2 Å². The molecule has 0 aromatic heterocycles. The summed E-state index contributed by atoms with van der Waals surface area (Å²) in [6.07, 6.45) is 1.11. The van der Waals surface area contributed by atoms with E-state index in [0.29, 0.717) is 17.1 Å². The molecule has 3 aromatic rings. The molecular weight excluding hydrogens is 534 g/mol. The zero-order valence-corrected chi connectivity index (χ0v) is 24.4. The molecular formula is C30H36ClN3O4S. The van der Waals surface area contributed by atoms with E-state index in [2.05, 4.69) is 5.32 Å². The number of amides is 2. The predicted molar refractivity (Wildman–Crippen MR) is 156 cm³/mol. The average molecular weight is 570 g/mol. The summed E-state index contributed by atoms with van der Waals surface area (Å²) in [5, 5.41) is 3.42. The number of nitrogens with one attached hydrogen (secondary N) is 1. The highest BCUT2D eigenvalue weighted by molar-refractivity contribution is 7.92. The first-order valence-electron chi connectivity index (χ1n) is 13.1. The van der Waals surface area contributed by atoms with Crippen LogP contribution in [0.3, 0.4) is 0 Å². The second-order valence-electron chi connectivity index (χ2n) is 9.55. The summed E-state index contributed by atoms with van der Waals surface area (Å²) in [6, 6.07) is 21.1. The number of carbonyl (C=O) groups excluding carboxylic acids is 2. The van der Waals surface area contributed by atoms with Gasteiger partial charge in [0, 0.05) is 17.6 Å². The lowest BCUT2D eigenvalue weighted by atomic mass is 10.1. The number of nitrogens with zero attached hydrogens (tertiary/aromatic N) is 2. The van der Waals surface area contributed by atoms with Gasteiger partial charge in [-0.3, -0.25) is 13.9 Å². The molecule has 208 valence electrons. The lowest BCUT2D eigenvalue weighted by Gasteiger charge is -2.33. The van der Waals surface area contributed by atoms with Gasteiger partial charge in [0.2, 0.25) is 11.8 Å². The van der Waals surface area contributed by atoms with Crippen LogP contribution in [0.15, 0.2) is 83.8 Å². The minimum atomic E-state index is -4.11. The molecule has 39 heavy (non-hydrogen) atoms. The fourth-order valence-electron chi connectivity index (χ4n) is 4.11.